The molecule has 1 saturated carbocycles. The third kappa shape index (κ3) is 27.1. The highest BCUT2D eigenvalue weighted by Crippen LogP contribution is 2.43. The number of morpholine rings is 2. The summed E-state index contributed by atoms with van der Waals surface area (Å²) >= 11 is 1.46. The first kappa shape index (κ1) is 101. The molecule has 6 fully saturated rings. The average molecular weight is 1960 g/mol. The Morgan fingerprint density at radius 3 is 1.51 bits per heavy atom. The Morgan fingerprint density at radius 2 is 0.993 bits per heavy atom. The minimum atomic E-state index is -4.82. The minimum absolute atomic E-state index is 0.0125. The number of fused-ring (bicyclic) bond motifs is 1. The number of sulfonamides is 1. The van der Waals surface area contributed by atoms with Crippen molar-refractivity contribution in [1.82, 2.24) is 54.5 Å². The normalized spacial score (nSPS) is 19.2. The van der Waals surface area contributed by atoms with Crippen LogP contribution in [-0.4, -0.2) is 181 Å². The van der Waals surface area contributed by atoms with E-state index in [1.54, 1.807) is 23.2 Å². The van der Waals surface area contributed by atoms with Crippen molar-refractivity contribution in [2.75, 3.05) is 127 Å². The van der Waals surface area contributed by atoms with Gasteiger partial charge in [0.25, 0.3) is 0 Å². The molecule has 1 aliphatic carbocycles. The van der Waals surface area contributed by atoms with Crippen molar-refractivity contribution in [3.8, 4) is 5.75 Å². The van der Waals surface area contributed by atoms with Crippen molar-refractivity contribution < 1.29 is 94.4 Å². The van der Waals surface area contributed by atoms with Crippen LogP contribution in [-0.2, 0) is 70.7 Å². The number of piperidine rings is 2. The van der Waals surface area contributed by atoms with Crippen molar-refractivity contribution in [2.24, 2.45) is 22.8 Å². The van der Waals surface area contributed by atoms with Gasteiger partial charge in [-0.3, -0.25) is 14.4 Å². The van der Waals surface area contributed by atoms with Gasteiger partial charge in [-0.05, 0) is 159 Å². The lowest BCUT2D eigenvalue weighted by molar-refractivity contribution is -0.274. The van der Waals surface area contributed by atoms with Gasteiger partial charge in [0.2, 0.25) is 45.2 Å². The molecule has 0 bridgehead atoms. The van der Waals surface area contributed by atoms with Gasteiger partial charge in [0, 0.05) is 88.1 Å². The van der Waals surface area contributed by atoms with Crippen molar-refractivity contribution in [1.29, 1.82) is 0 Å². The third-order valence-corrected chi connectivity index (χ3v) is 27.3. The molecule has 6 aromatic heterocycles. The van der Waals surface area contributed by atoms with Gasteiger partial charge in [-0.25, -0.2) is 53.0 Å². The fourth-order valence-electron chi connectivity index (χ4n) is 18.0. The number of anilines is 7. The van der Waals surface area contributed by atoms with Gasteiger partial charge in [-0.2, -0.15) is 39.5 Å². The van der Waals surface area contributed by atoms with E-state index < -0.39 is 69.0 Å². The van der Waals surface area contributed by atoms with E-state index in [0.717, 1.165) is 87.7 Å². The Labute approximate surface area is 792 Å². The molecule has 0 spiro atoms. The van der Waals surface area contributed by atoms with E-state index in [4.69, 9.17) is 25.7 Å². The van der Waals surface area contributed by atoms with Gasteiger partial charge in [-0.1, -0.05) is 109 Å². The number of hydrogen-bond acceptors (Lipinski definition) is 25. The van der Waals surface area contributed by atoms with E-state index >= 15 is 13.2 Å². The molecule has 5 aliphatic heterocycles. The SMILES string of the molecule is CNC(=O)C1(CNc2ncnc(N3CCCCC3c3ccc(C(F)(F)F)cc3)c2F)CCOCC1.NC(=O)Cc1ccc(CNc2ncnc(N3CCOCC3c3ccccc3)c2F)s1.NC(=O)Cc1ccc(Cn2ccc3c(N4CCOCC4c4ccccc4)ncnc32)cc1.O=S(=O)(CC(F)(F)F)NC1CCC(CNc2ncnc(N3CCCCC3c3ccc(OC(F)(F)F)cc3)c2F)CC1. The smallest absolute Gasteiger partial charge is 0.406 e. The number of nitrogens with two attached hydrogens (primary N) is 2. The summed E-state index contributed by atoms with van der Waals surface area (Å²) < 4.78 is 209. The number of halogens is 12. The van der Waals surface area contributed by atoms with E-state index in [9.17, 15) is 62.3 Å². The van der Waals surface area contributed by atoms with Crippen LogP contribution in [0.15, 0.2) is 183 Å². The van der Waals surface area contributed by atoms with Crippen LogP contribution in [0, 0.1) is 28.8 Å². The molecule has 43 heteroatoms. The zero-order valence-electron chi connectivity index (χ0n) is 75.3. The monoisotopic (exact) mass is 1960 g/mol. The van der Waals surface area contributed by atoms with Gasteiger partial charge in [0.05, 0.1) is 86.3 Å². The van der Waals surface area contributed by atoms with Gasteiger partial charge in [0.1, 0.15) is 42.5 Å². The summed E-state index contributed by atoms with van der Waals surface area (Å²) in [7, 11) is -2.91. The van der Waals surface area contributed by atoms with Gasteiger partial charge >= 0.3 is 18.7 Å². The number of rotatable bonds is 28. The van der Waals surface area contributed by atoms with Gasteiger partial charge < -0.3 is 75.8 Å². The molecule has 3 amide bonds. The number of carbonyl (C=O) groups excluding carboxylic acids is 3. The Bertz CT molecular complexity index is 5970. The van der Waals surface area contributed by atoms with Crippen LogP contribution in [0.3, 0.4) is 0 Å². The third-order valence-electron chi connectivity index (χ3n) is 24.8. The molecule has 29 nitrogen and oxygen atoms in total. The van der Waals surface area contributed by atoms with E-state index in [2.05, 4.69) is 117 Å². The lowest BCUT2D eigenvalue weighted by atomic mass is 9.79. The molecular formula is C95H106F12N20O9S2. The fraction of sp³-hybridized carbons (Fsp3) is 0.421. The standard InChI is InChI=1S/C25H30F7N5O3S.C25H25N5O2.C24H29F4N5O2.C21H22FN5O2S/c26-21-22(33-13-16-4-8-18(9-5-16)36-41(38,39)14-24(27,28)29)34-15-35-23(21)37-12-2-1-3-20(37)17-6-10-19(11-7-17)40-25(30,31)32;26-23(31)14-18-6-8-19(9-7-18)15-29-11-10-21-24(29)27-17-28-25(21)30-12-13-32-16-22(30)20-4-2-1-3-5-20;1-29-22(34)23(9-12-35-13-10-23)14-30-20-19(25)21(32-15-31-20)33-11-3-2-4-18(33)16-5-7-17(8-6-16)24(26,27)28;22-19-20(24-11-16-7-6-15(30-16)10-18(23)28)25-13-26-21(19)27-8-9-29-12-17(27)14-4-2-1-3-5-14/h6-7,10-11,15-16,18,20,36H,1-5,8-9,12-14H2,(H,33,34,35);1-11,17,22H,12-16H2,(H2,26,31);5-8,15,18H,2-4,9-14H2,1H3,(H,29,34)(H,30,31,32);1-7,13,17H,8-12H2,(H2,23,28)(H,24,25,26). The summed E-state index contributed by atoms with van der Waals surface area (Å²) in [6.07, 6.45) is 1.30. The largest absolute Gasteiger partial charge is 0.573 e. The Morgan fingerprint density at radius 1 is 0.507 bits per heavy atom. The van der Waals surface area contributed by atoms with E-state index in [1.807, 2.05) is 77.7 Å². The molecule has 6 aliphatic rings. The second-order valence-electron chi connectivity index (χ2n) is 34.2. The number of aromatic nitrogens is 9. The molecule has 138 heavy (non-hydrogen) atoms. The molecule has 4 unspecified atom stereocenters. The minimum Gasteiger partial charge on any atom is -0.406 e. The predicted molar refractivity (Wildman–Crippen MR) is 496 cm³/mol. The van der Waals surface area contributed by atoms with Crippen molar-refractivity contribution >= 4 is 90.8 Å². The number of nitrogens with one attached hydrogen (secondary N) is 5. The van der Waals surface area contributed by atoms with Crippen LogP contribution in [0.5, 0.6) is 5.75 Å². The molecule has 5 saturated heterocycles. The highest BCUT2D eigenvalue weighted by molar-refractivity contribution is 7.89. The molecule has 17 rings (SSSR count). The molecular weight excluding hydrogens is 1860 g/mol. The summed E-state index contributed by atoms with van der Waals surface area (Å²) in [4.78, 5) is 78.4. The predicted octanol–water partition coefficient (Wildman–Crippen LogP) is 16.0. The number of ether oxygens (including phenoxy) is 4. The zero-order valence-corrected chi connectivity index (χ0v) is 76.9. The maximum atomic E-state index is 15.6. The van der Waals surface area contributed by atoms with Crippen LogP contribution >= 0.6 is 11.3 Å². The molecule has 4 atom stereocenters. The number of nitrogens with zero attached hydrogens (tertiary/aromatic N) is 13. The molecule has 0 radical (unpaired) electrons. The molecule has 736 valence electrons. The van der Waals surface area contributed by atoms with Crippen LogP contribution in [0.25, 0.3) is 11.0 Å². The highest BCUT2D eigenvalue weighted by Gasteiger charge is 2.43. The molecule has 11 aromatic rings. The number of primary amides is 2. The molecule has 11 heterocycles. The number of alkyl halides is 9. The Balaban J connectivity index is 0.000000148. The second kappa shape index (κ2) is 46.3. The zero-order chi connectivity index (χ0) is 97.7. The maximum Gasteiger partial charge on any atom is 0.573 e. The number of benzene rings is 5. The van der Waals surface area contributed by atoms with Crippen LogP contribution in [0.2, 0.25) is 0 Å². The summed E-state index contributed by atoms with van der Waals surface area (Å²) in [5.74, 6) is -3.46. The van der Waals surface area contributed by atoms with Crippen molar-refractivity contribution in [2.45, 2.75) is 152 Å². The first-order valence-corrected chi connectivity index (χ1v) is 47.7. The van der Waals surface area contributed by atoms with E-state index in [0.29, 0.717) is 141 Å². The lowest BCUT2D eigenvalue weighted by Gasteiger charge is -2.37. The fourth-order valence-corrected chi connectivity index (χ4v) is 20.2. The van der Waals surface area contributed by atoms with Crippen molar-refractivity contribution in [3.05, 3.63) is 249 Å². The maximum absolute atomic E-state index is 15.6. The van der Waals surface area contributed by atoms with Gasteiger partial charge in [0.15, 0.2) is 40.7 Å². The number of hydrogen-bond donors (Lipinski definition) is 7. The first-order valence-electron chi connectivity index (χ1n) is 45.2. The topological polar surface area (TPSA) is 355 Å². The summed E-state index contributed by atoms with van der Waals surface area (Å²) in [5, 5.41) is 12.7. The van der Waals surface area contributed by atoms with E-state index in [1.165, 1.54) is 72.3 Å². The van der Waals surface area contributed by atoms with Crippen LogP contribution in [0.1, 0.15) is 150 Å². The summed E-state index contributed by atoms with van der Waals surface area (Å²) in [6.45, 7) is 7.04. The van der Waals surface area contributed by atoms with E-state index in [-0.39, 0.29) is 108 Å². The Hall–Kier alpha value is -12.6. The van der Waals surface area contributed by atoms with Gasteiger partial charge in [-0.15, -0.1) is 24.5 Å². The Kier molecular flexibility index (Phi) is 34.0. The second-order valence-corrected chi connectivity index (χ2v) is 37.2. The molecule has 5 aromatic carbocycles. The lowest BCUT2D eigenvalue weighted by Crippen LogP contribution is -2.47. The average Bonchev–Trinajstić information content (AvgIpc) is 1.56. The quantitative estimate of drug-likeness (QED) is 0.0224. The molecule has 9 N–H and O–H groups in total. The highest BCUT2D eigenvalue weighted by atomic mass is 32.2. The van der Waals surface area contributed by atoms with Crippen LogP contribution in [0.4, 0.5) is 93.4 Å². The summed E-state index contributed by atoms with van der Waals surface area (Å²) in [5.41, 5.74) is 15.6. The number of thiophene rings is 1. The summed E-state index contributed by atoms with van der Waals surface area (Å²) in [6, 6.07) is 43.3. The van der Waals surface area contributed by atoms with Crippen molar-refractivity contribution in [3.63, 3.8) is 0 Å². The number of carbonyl (C=O) groups is 3. The first-order chi connectivity index (χ1) is 66.2. The number of amides is 3. The van der Waals surface area contributed by atoms with Crippen LogP contribution < -0.4 is 61.8 Å².